The van der Waals surface area contributed by atoms with Gasteiger partial charge in [-0.05, 0) is 30.7 Å². The maximum absolute atomic E-state index is 13.0. The lowest BCUT2D eigenvalue weighted by molar-refractivity contribution is -0.130. The first-order chi connectivity index (χ1) is 13.5. The first-order valence-corrected chi connectivity index (χ1v) is 9.52. The number of nitrogens with one attached hydrogen (secondary N) is 2. The molecule has 8 heteroatoms. The monoisotopic (exact) mass is 388 g/mol. The van der Waals surface area contributed by atoms with Gasteiger partial charge in [0.2, 0.25) is 5.91 Å². The van der Waals surface area contributed by atoms with Crippen molar-refractivity contribution in [3.8, 4) is 0 Å². The summed E-state index contributed by atoms with van der Waals surface area (Å²) in [7, 11) is 0. The van der Waals surface area contributed by atoms with Crippen LogP contribution in [0, 0.1) is 12.7 Å². The van der Waals surface area contributed by atoms with E-state index in [9.17, 15) is 9.18 Å². The molecular weight excluding hydrogens is 363 g/mol. The minimum atomic E-state index is -0.534. The second kappa shape index (κ2) is 7.98. The van der Waals surface area contributed by atoms with Crippen LogP contribution < -0.4 is 5.32 Å². The molecule has 1 spiro atoms. The van der Waals surface area contributed by atoms with Crippen LogP contribution in [-0.4, -0.2) is 59.0 Å². The van der Waals surface area contributed by atoms with Gasteiger partial charge in [0.05, 0.1) is 18.9 Å². The Morgan fingerprint density at radius 2 is 2.25 bits per heavy atom. The number of aromatic amines is 1. The van der Waals surface area contributed by atoms with Crippen LogP contribution in [0.15, 0.2) is 30.3 Å². The van der Waals surface area contributed by atoms with Crippen molar-refractivity contribution in [2.45, 2.75) is 38.1 Å². The number of morpholine rings is 1. The number of benzene rings is 1. The van der Waals surface area contributed by atoms with E-state index in [4.69, 9.17) is 9.47 Å². The number of rotatable bonds is 5. The minimum absolute atomic E-state index is 0.162. The number of ether oxygens (including phenoxy) is 2. The van der Waals surface area contributed by atoms with Crippen molar-refractivity contribution in [1.82, 2.24) is 20.4 Å². The second-order valence-electron chi connectivity index (χ2n) is 7.63. The molecule has 0 aliphatic carbocycles. The molecular formula is C20H25FN4O3. The zero-order valence-corrected chi connectivity index (χ0v) is 15.9. The van der Waals surface area contributed by atoms with Crippen LogP contribution in [0.3, 0.4) is 0 Å². The highest BCUT2D eigenvalue weighted by atomic mass is 19.1. The number of carbonyl (C=O) groups excluding carboxylic acids is 1. The molecule has 2 aromatic rings. The first-order valence-electron chi connectivity index (χ1n) is 9.52. The number of nitrogens with zero attached hydrogens (tertiary/aromatic N) is 2. The van der Waals surface area contributed by atoms with E-state index >= 15 is 0 Å². The van der Waals surface area contributed by atoms with Crippen molar-refractivity contribution in [3.05, 3.63) is 53.1 Å². The summed E-state index contributed by atoms with van der Waals surface area (Å²) in [5, 5.41) is 10.1. The zero-order valence-electron chi connectivity index (χ0n) is 15.9. The van der Waals surface area contributed by atoms with Crippen molar-refractivity contribution >= 4 is 5.91 Å². The Balaban J connectivity index is 1.30. The minimum Gasteiger partial charge on any atom is -0.370 e. The molecule has 2 unspecified atom stereocenters. The van der Waals surface area contributed by atoms with Crippen molar-refractivity contribution in [2.24, 2.45) is 0 Å². The highest BCUT2D eigenvalue weighted by Gasteiger charge is 2.46. The molecule has 4 rings (SSSR count). The molecule has 2 aliphatic rings. The third-order valence-electron chi connectivity index (χ3n) is 5.25. The topological polar surface area (TPSA) is 79.5 Å². The van der Waals surface area contributed by atoms with E-state index < -0.39 is 11.7 Å². The number of hydrogen-bond acceptors (Lipinski definition) is 5. The molecule has 2 fully saturated rings. The fraction of sp³-hybridized carbons (Fsp3) is 0.500. The van der Waals surface area contributed by atoms with E-state index in [1.54, 1.807) is 12.1 Å². The van der Waals surface area contributed by atoms with E-state index in [0.717, 1.165) is 30.0 Å². The predicted molar refractivity (Wildman–Crippen MR) is 99.9 cm³/mol. The van der Waals surface area contributed by atoms with E-state index in [0.29, 0.717) is 32.7 Å². The smallest absolute Gasteiger partial charge is 0.249 e. The maximum atomic E-state index is 13.0. The van der Waals surface area contributed by atoms with Crippen LogP contribution in [0.5, 0.6) is 0 Å². The number of halogens is 1. The summed E-state index contributed by atoms with van der Waals surface area (Å²) in [4.78, 5) is 14.8. The standard InChI is InChI=1S/C20H25FN4O3/c1-14-8-17(24-23-14)11-25-6-7-28-20(12-25)9-18(27-13-20)19(26)22-10-15-2-4-16(21)5-3-15/h2-5,8,18H,6-7,9-13H2,1H3,(H,22,26)(H,23,24). The molecule has 2 atom stereocenters. The van der Waals surface area contributed by atoms with Gasteiger partial charge in [-0.3, -0.25) is 14.8 Å². The number of aryl methyl sites for hydroxylation is 1. The Labute approximate surface area is 163 Å². The molecule has 150 valence electrons. The lowest BCUT2D eigenvalue weighted by atomic mass is 9.97. The Kier molecular flexibility index (Phi) is 5.43. The van der Waals surface area contributed by atoms with Gasteiger partial charge in [-0.1, -0.05) is 12.1 Å². The Morgan fingerprint density at radius 1 is 1.43 bits per heavy atom. The average molecular weight is 388 g/mol. The summed E-state index contributed by atoms with van der Waals surface area (Å²) < 4.78 is 24.8. The lowest BCUT2D eigenvalue weighted by Gasteiger charge is -2.39. The van der Waals surface area contributed by atoms with Gasteiger partial charge in [0.15, 0.2) is 0 Å². The van der Waals surface area contributed by atoms with E-state index in [1.165, 1.54) is 12.1 Å². The summed E-state index contributed by atoms with van der Waals surface area (Å²) in [5.41, 5.74) is 2.43. The Morgan fingerprint density at radius 3 is 3.00 bits per heavy atom. The van der Waals surface area contributed by atoms with Gasteiger partial charge in [-0.25, -0.2) is 4.39 Å². The summed E-state index contributed by atoms with van der Waals surface area (Å²) >= 11 is 0. The van der Waals surface area contributed by atoms with E-state index in [1.807, 2.05) is 13.0 Å². The molecule has 2 saturated heterocycles. The Hall–Kier alpha value is -2.29. The first kappa shape index (κ1) is 19.0. The molecule has 2 aliphatic heterocycles. The van der Waals surface area contributed by atoms with Gasteiger partial charge in [-0.15, -0.1) is 0 Å². The van der Waals surface area contributed by atoms with E-state index in [2.05, 4.69) is 20.4 Å². The van der Waals surface area contributed by atoms with Crippen molar-refractivity contribution in [1.29, 1.82) is 0 Å². The number of H-pyrrole nitrogens is 1. The normalized spacial score (nSPS) is 25.3. The zero-order chi connectivity index (χ0) is 19.6. The van der Waals surface area contributed by atoms with Gasteiger partial charge in [0.1, 0.15) is 17.5 Å². The van der Waals surface area contributed by atoms with Gasteiger partial charge in [-0.2, -0.15) is 5.10 Å². The molecule has 1 aromatic heterocycles. The molecule has 0 bridgehead atoms. The SMILES string of the molecule is Cc1cc(CN2CCOC3(COC(C(=O)NCc4ccc(F)cc4)C3)C2)n[nH]1. The largest absolute Gasteiger partial charge is 0.370 e. The summed E-state index contributed by atoms with van der Waals surface area (Å²) in [6, 6.07) is 8.12. The van der Waals surface area contributed by atoms with Crippen LogP contribution in [0.1, 0.15) is 23.4 Å². The van der Waals surface area contributed by atoms with Crippen LogP contribution in [-0.2, 0) is 27.4 Å². The molecule has 0 radical (unpaired) electrons. The highest BCUT2D eigenvalue weighted by Crippen LogP contribution is 2.32. The molecule has 3 heterocycles. The summed E-state index contributed by atoms with van der Waals surface area (Å²) in [6.07, 6.45) is -0.00810. The third-order valence-corrected chi connectivity index (χ3v) is 5.25. The second-order valence-corrected chi connectivity index (χ2v) is 7.63. The van der Waals surface area contributed by atoms with Crippen molar-refractivity contribution in [3.63, 3.8) is 0 Å². The summed E-state index contributed by atoms with van der Waals surface area (Å²) in [6.45, 7) is 5.62. The fourth-order valence-corrected chi connectivity index (χ4v) is 3.84. The molecule has 2 N–H and O–H groups in total. The third kappa shape index (κ3) is 4.40. The maximum Gasteiger partial charge on any atom is 0.249 e. The van der Waals surface area contributed by atoms with Gasteiger partial charge in [0, 0.05) is 38.3 Å². The van der Waals surface area contributed by atoms with Crippen LogP contribution >= 0.6 is 0 Å². The van der Waals surface area contributed by atoms with Crippen molar-refractivity contribution in [2.75, 3.05) is 26.3 Å². The fourth-order valence-electron chi connectivity index (χ4n) is 3.84. The summed E-state index contributed by atoms with van der Waals surface area (Å²) in [5.74, 6) is -0.454. The van der Waals surface area contributed by atoms with Crippen LogP contribution in [0.2, 0.25) is 0 Å². The van der Waals surface area contributed by atoms with Gasteiger partial charge in [0.25, 0.3) is 0 Å². The molecule has 1 aromatic carbocycles. The van der Waals surface area contributed by atoms with Crippen molar-refractivity contribution < 1.29 is 18.7 Å². The van der Waals surface area contributed by atoms with Gasteiger partial charge < -0.3 is 14.8 Å². The molecule has 0 saturated carbocycles. The Bertz CT molecular complexity index is 825. The van der Waals surface area contributed by atoms with Crippen LogP contribution in [0.4, 0.5) is 4.39 Å². The molecule has 7 nitrogen and oxygen atoms in total. The molecule has 28 heavy (non-hydrogen) atoms. The number of carbonyl (C=O) groups is 1. The van der Waals surface area contributed by atoms with Gasteiger partial charge >= 0.3 is 0 Å². The van der Waals surface area contributed by atoms with Crippen LogP contribution in [0.25, 0.3) is 0 Å². The number of hydrogen-bond donors (Lipinski definition) is 2. The predicted octanol–water partition coefficient (Wildman–Crippen LogP) is 1.53. The quantitative estimate of drug-likeness (QED) is 0.812. The molecule has 1 amide bonds. The number of amides is 1. The highest BCUT2D eigenvalue weighted by molar-refractivity contribution is 5.81. The number of aromatic nitrogens is 2. The average Bonchev–Trinajstić information content (AvgIpc) is 3.27. The van der Waals surface area contributed by atoms with E-state index in [-0.39, 0.29) is 11.7 Å². The lowest BCUT2D eigenvalue weighted by Crippen LogP contribution is -2.52.